The number of urea groups is 1. The molecule has 164 valence electrons. The Kier molecular flexibility index (Phi) is 6.59. The van der Waals surface area contributed by atoms with Gasteiger partial charge in [0, 0.05) is 11.7 Å². The second-order valence-corrected chi connectivity index (χ2v) is 7.95. The van der Waals surface area contributed by atoms with E-state index in [9.17, 15) is 9.59 Å². The van der Waals surface area contributed by atoms with E-state index in [1.165, 1.54) is 6.42 Å². The number of hydrogen-bond acceptors (Lipinski definition) is 6. The van der Waals surface area contributed by atoms with Crippen molar-refractivity contribution in [3.63, 3.8) is 0 Å². The maximum Gasteiger partial charge on any atom is 0.412 e. The Hall–Kier alpha value is -2.52. The molecule has 0 aromatic heterocycles. The highest BCUT2D eigenvalue weighted by molar-refractivity contribution is 5.84. The van der Waals surface area contributed by atoms with Gasteiger partial charge >= 0.3 is 12.1 Å². The molecule has 2 aliphatic heterocycles. The number of carbonyl (C=O) groups is 2. The molecule has 2 saturated heterocycles. The molecule has 4 atom stereocenters. The standard InChI is InChI=1S/C21H29N3O6/c1-27-15-9-7-14(8-10-15)23-21(26)30-17-12-29-18-16(11-28-19(17)18)24-20(25)22-13-5-3-2-4-6-13/h7-10,13,16-19H,2-6,11-12H2,1H3,(H,23,26)(H2,22,24,25). The molecule has 3 amide bonds. The number of fused-ring (bicyclic) bond motifs is 1. The summed E-state index contributed by atoms with van der Waals surface area (Å²) in [7, 11) is 1.58. The molecule has 4 rings (SSSR count). The summed E-state index contributed by atoms with van der Waals surface area (Å²) >= 11 is 0. The third-order valence-electron chi connectivity index (χ3n) is 5.86. The zero-order valence-electron chi connectivity index (χ0n) is 17.1. The van der Waals surface area contributed by atoms with Gasteiger partial charge in [-0.2, -0.15) is 0 Å². The van der Waals surface area contributed by atoms with Gasteiger partial charge in [-0.3, -0.25) is 5.32 Å². The van der Waals surface area contributed by atoms with Crippen molar-refractivity contribution in [3.8, 4) is 5.75 Å². The van der Waals surface area contributed by atoms with E-state index in [2.05, 4.69) is 16.0 Å². The van der Waals surface area contributed by atoms with Crippen LogP contribution < -0.4 is 20.7 Å². The van der Waals surface area contributed by atoms with Crippen molar-refractivity contribution < 1.29 is 28.5 Å². The molecule has 30 heavy (non-hydrogen) atoms. The molecule has 1 aromatic rings. The van der Waals surface area contributed by atoms with Gasteiger partial charge in [-0.1, -0.05) is 19.3 Å². The fraction of sp³-hybridized carbons (Fsp3) is 0.619. The quantitative estimate of drug-likeness (QED) is 0.677. The van der Waals surface area contributed by atoms with Crippen LogP contribution in [-0.2, 0) is 14.2 Å². The summed E-state index contributed by atoms with van der Waals surface area (Å²) in [5.74, 6) is 0.700. The lowest BCUT2D eigenvalue weighted by Crippen LogP contribution is -2.51. The summed E-state index contributed by atoms with van der Waals surface area (Å²) in [6, 6.07) is 6.73. The Morgan fingerprint density at radius 1 is 0.967 bits per heavy atom. The van der Waals surface area contributed by atoms with Gasteiger partial charge in [0.15, 0.2) is 6.10 Å². The van der Waals surface area contributed by atoms with E-state index in [0.717, 1.165) is 25.7 Å². The van der Waals surface area contributed by atoms with Gasteiger partial charge in [0.05, 0.1) is 26.4 Å². The van der Waals surface area contributed by atoms with E-state index in [0.29, 0.717) is 18.0 Å². The Balaban J connectivity index is 1.24. The van der Waals surface area contributed by atoms with Crippen LogP contribution in [0.2, 0.25) is 0 Å². The molecule has 0 radical (unpaired) electrons. The molecule has 3 fully saturated rings. The van der Waals surface area contributed by atoms with Gasteiger partial charge in [-0.25, -0.2) is 9.59 Å². The summed E-state index contributed by atoms with van der Waals surface area (Å²) in [6.45, 7) is 0.557. The second kappa shape index (κ2) is 9.53. The van der Waals surface area contributed by atoms with E-state index >= 15 is 0 Å². The molecule has 0 bridgehead atoms. The average Bonchev–Trinajstić information content (AvgIpc) is 3.33. The number of ether oxygens (including phenoxy) is 4. The number of rotatable bonds is 5. The van der Waals surface area contributed by atoms with Gasteiger partial charge in [0.25, 0.3) is 0 Å². The number of benzene rings is 1. The van der Waals surface area contributed by atoms with Crippen molar-refractivity contribution in [1.29, 1.82) is 0 Å². The van der Waals surface area contributed by atoms with Crippen LogP contribution in [0.15, 0.2) is 24.3 Å². The first-order chi connectivity index (χ1) is 14.6. The molecule has 9 heteroatoms. The van der Waals surface area contributed by atoms with Gasteiger partial charge < -0.3 is 29.6 Å². The SMILES string of the molecule is COc1ccc(NC(=O)OC2COC3C(NC(=O)NC4CCCCC4)COC23)cc1. The lowest BCUT2D eigenvalue weighted by atomic mass is 9.96. The Labute approximate surface area is 175 Å². The minimum atomic E-state index is -0.579. The summed E-state index contributed by atoms with van der Waals surface area (Å²) < 4.78 is 22.2. The van der Waals surface area contributed by atoms with E-state index in [-0.39, 0.29) is 30.8 Å². The number of amides is 3. The molecule has 1 saturated carbocycles. The first kappa shape index (κ1) is 20.7. The predicted octanol–water partition coefficient (Wildman–Crippen LogP) is 2.41. The van der Waals surface area contributed by atoms with Crippen molar-refractivity contribution in [1.82, 2.24) is 10.6 Å². The topological polar surface area (TPSA) is 107 Å². The normalized spacial score (nSPS) is 28.4. The minimum absolute atomic E-state index is 0.193. The third kappa shape index (κ3) is 4.96. The van der Waals surface area contributed by atoms with E-state index in [4.69, 9.17) is 18.9 Å². The Morgan fingerprint density at radius 3 is 2.43 bits per heavy atom. The molecule has 9 nitrogen and oxygen atoms in total. The minimum Gasteiger partial charge on any atom is -0.497 e. The fourth-order valence-electron chi connectivity index (χ4n) is 4.29. The molecule has 4 unspecified atom stereocenters. The van der Waals surface area contributed by atoms with Gasteiger partial charge in [-0.05, 0) is 37.1 Å². The maximum absolute atomic E-state index is 12.3. The largest absolute Gasteiger partial charge is 0.497 e. The van der Waals surface area contributed by atoms with Crippen LogP contribution in [0.5, 0.6) is 5.75 Å². The molecule has 2 heterocycles. The summed E-state index contributed by atoms with van der Waals surface area (Å²) in [5, 5.41) is 8.67. The number of methoxy groups -OCH3 is 1. The number of hydrogen-bond donors (Lipinski definition) is 3. The van der Waals surface area contributed by atoms with Crippen molar-refractivity contribution in [2.75, 3.05) is 25.6 Å². The smallest absolute Gasteiger partial charge is 0.412 e. The molecule has 3 aliphatic rings. The lowest BCUT2D eigenvalue weighted by molar-refractivity contribution is 0.00871. The number of nitrogens with one attached hydrogen (secondary N) is 3. The van der Waals surface area contributed by atoms with Crippen LogP contribution in [0.4, 0.5) is 15.3 Å². The molecular weight excluding hydrogens is 390 g/mol. The summed E-state index contributed by atoms with van der Waals surface area (Å²) in [5.41, 5.74) is 0.600. The Bertz CT molecular complexity index is 737. The van der Waals surface area contributed by atoms with Crippen LogP contribution in [0.3, 0.4) is 0 Å². The van der Waals surface area contributed by atoms with Gasteiger partial charge in [-0.15, -0.1) is 0 Å². The first-order valence-corrected chi connectivity index (χ1v) is 10.5. The zero-order valence-corrected chi connectivity index (χ0v) is 17.1. The van der Waals surface area contributed by atoms with Crippen LogP contribution in [0.25, 0.3) is 0 Å². The fourth-order valence-corrected chi connectivity index (χ4v) is 4.29. The molecule has 3 N–H and O–H groups in total. The van der Waals surface area contributed by atoms with E-state index in [1.807, 2.05) is 0 Å². The van der Waals surface area contributed by atoms with Gasteiger partial charge in [0.2, 0.25) is 0 Å². The molecule has 1 aromatic carbocycles. The summed E-state index contributed by atoms with van der Waals surface area (Å²) in [4.78, 5) is 24.6. The van der Waals surface area contributed by atoms with E-state index < -0.39 is 18.3 Å². The highest BCUT2D eigenvalue weighted by Crippen LogP contribution is 2.29. The van der Waals surface area contributed by atoms with Crippen LogP contribution in [0, 0.1) is 0 Å². The highest BCUT2D eigenvalue weighted by Gasteiger charge is 2.50. The zero-order chi connectivity index (χ0) is 20.9. The van der Waals surface area contributed by atoms with Crippen molar-refractivity contribution in [3.05, 3.63) is 24.3 Å². The molecule has 1 aliphatic carbocycles. The average molecular weight is 419 g/mol. The second-order valence-electron chi connectivity index (χ2n) is 7.95. The van der Waals surface area contributed by atoms with Crippen LogP contribution >= 0.6 is 0 Å². The number of anilines is 1. The lowest BCUT2D eigenvalue weighted by Gasteiger charge is -2.24. The van der Waals surface area contributed by atoms with Crippen LogP contribution in [-0.4, -0.2) is 62.8 Å². The molecule has 0 spiro atoms. The third-order valence-corrected chi connectivity index (χ3v) is 5.86. The highest BCUT2D eigenvalue weighted by atomic mass is 16.6. The first-order valence-electron chi connectivity index (χ1n) is 10.5. The summed E-state index contributed by atoms with van der Waals surface area (Å²) in [6.07, 6.45) is 3.76. The molecular formula is C21H29N3O6. The van der Waals surface area contributed by atoms with E-state index in [1.54, 1.807) is 31.4 Å². The Morgan fingerprint density at radius 2 is 1.70 bits per heavy atom. The maximum atomic E-state index is 12.3. The van der Waals surface area contributed by atoms with Crippen molar-refractivity contribution >= 4 is 17.8 Å². The van der Waals surface area contributed by atoms with Crippen LogP contribution in [0.1, 0.15) is 32.1 Å². The monoisotopic (exact) mass is 419 g/mol. The van der Waals surface area contributed by atoms with Crippen molar-refractivity contribution in [2.45, 2.75) is 62.5 Å². The van der Waals surface area contributed by atoms with Crippen molar-refractivity contribution in [2.24, 2.45) is 0 Å². The van der Waals surface area contributed by atoms with Gasteiger partial charge in [0.1, 0.15) is 18.0 Å². The number of carbonyl (C=O) groups excluding carboxylic acids is 2. The predicted molar refractivity (Wildman–Crippen MR) is 109 cm³/mol.